The predicted octanol–water partition coefficient (Wildman–Crippen LogP) is 3.99. The Morgan fingerprint density at radius 1 is 1.06 bits per heavy atom. The van der Waals surface area contributed by atoms with E-state index in [2.05, 4.69) is 15.5 Å². The van der Waals surface area contributed by atoms with Crippen LogP contribution in [-0.4, -0.2) is 41.9 Å². The molecule has 0 unspecified atom stereocenters. The van der Waals surface area contributed by atoms with Crippen molar-refractivity contribution in [3.05, 3.63) is 60.4 Å². The molecule has 0 bridgehead atoms. The van der Waals surface area contributed by atoms with E-state index in [1.54, 1.807) is 24.3 Å². The number of rotatable bonds is 5. The van der Waals surface area contributed by atoms with Gasteiger partial charge in [0, 0.05) is 24.7 Å². The van der Waals surface area contributed by atoms with Crippen molar-refractivity contribution in [3.8, 4) is 11.3 Å². The van der Waals surface area contributed by atoms with E-state index < -0.39 is 15.9 Å². The maximum absolute atomic E-state index is 12.8. The Morgan fingerprint density at radius 3 is 2.61 bits per heavy atom. The molecule has 8 nitrogen and oxygen atoms in total. The summed E-state index contributed by atoms with van der Waals surface area (Å²) in [7, 11) is -3.51. The smallest absolute Gasteiger partial charge is 0.296 e. The molecule has 0 spiro atoms. The number of hydrogen-bond acceptors (Lipinski definition) is 7. The molecule has 0 radical (unpaired) electrons. The molecule has 0 aliphatic carbocycles. The van der Waals surface area contributed by atoms with E-state index in [0.717, 1.165) is 18.4 Å². The van der Waals surface area contributed by atoms with Crippen molar-refractivity contribution in [2.45, 2.75) is 17.7 Å². The highest BCUT2D eigenvalue weighted by Gasteiger charge is 2.27. The van der Waals surface area contributed by atoms with Crippen LogP contribution in [0.3, 0.4) is 0 Å². The second-order valence-electron chi connectivity index (χ2n) is 7.16. The Bertz CT molecular complexity index is 1360. The van der Waals surface area contributed by atoms with Crippen molar-refractivity contribution < 1.29 is 17.7 Å². The van der Waals surface area contributed by atoms with Gasteiger partial charge < -0.3 is 4.52 Å². The summed E-state index contributed by atoms with van der Waals surface area (Å²) in [6.45, 7) is 1.10. The van der Waals surface area contributed by atoms with Gasteiger partial charge in [0.15, 0.2) is 5.13 Å². The van der Waals surface area contributed by atoms with E-state index in [-0.39, 0.29) is 10.7 Å². The minimum absolute atomic E-state index is 0.0652. The van der Waals surface area contributed by atoms with Crippen LogP contribution in [0.25, 0.3) is 21.5 Å². The number of nitrogens with zero attached hydrogens (tertiary/aromatic N) is 3. The molecule has 4 aromatic rings. The number of hydrogen-bond donors (Lipinski definition) is 1. The minimum atomic E-state index is -3.51. The first-order chi connectivity index (χ1) is 15.0. The number of carbonyl (C=O) groups excluding carboxylic acids is 1. The fourth-order valence-corrected chi connectivity index (χ4v) is 6.00. The van der Waals surface area contributed by atoms with Crippen LogP contribution in [0.4, 0.5) is 5.13 Å². The van der Waals surface area contributed by atoms with Gasteiger partial charge in [0.1, 0.15) is 5.69 Å². The molecule has 158 valence electrons. The van der Waals surface area contributed by atoms with Crippen molar-refractivity contribution in [1.29, 1.82) is 0 Å². The third-order valence-electron chi connectivity index (χ3n) is 5.09. The number of thiazole rings is 1. The monoisotopic (exact) mass is 454 g/mol. The molecular formula is C21H18N4O4S2. The summed E-state index contributed by atoms with van der Waals surface area (Å²) < 4.78 is 32.9. The summed E-state index contributed by atoms with van der Waals surface area (Å²) in [6, 6.07) is 15.8. The Labute approximate surface area is 182 Å². The topological polar surface area (TPSA) is 105 Å². The van der Waals surface area contributed by atoms with Gasteiger partial charge in [-0.25, -0.2) is 13.4 Å². The molecule has 10 heteroatoms. The summed E-state index contributed by atoms with van der Waals surface area (Å²) in [6.07, 6.45) is 1.76. The predicted molar refractivity (Wildman–Crippen MR) is 118 cm³/mol. The number of fused-ring (bicyclic) bond motifs is 1. The van der Waals surface area contributed by atoms with E-state index in [9.17, 15) is 13.2 Å². The van der Waals surface area contributed by atoms with Crippen molar-refractivity contribution in [3.63, 3.8) is 0 Å². The lowest BCUT2D eigenvalue weighted by Gasteiger charge is -2.15. The van der Waals surface area contributed by atoms with E-state index in [0.29, 0.717) is 34.1 Å². The standard InChI is InChI=1S/C21H18N4O4S2/c26-20(18-13-17(24-29-18)14-6-2-1-3-7-14)23-21-22-16-9-8-15(12-19(16)30-21)31(27,28)25-10-4-5-11-25/h1-3,6-9,12-13H,4-5,10-11H2,(H,22,23,26). The minimum Gasteiger partial charge on any atom is -0.350 e. The molecule has 0 saturated carbocycles. The fourth-order valence-electron chi connectivity index (χ4n) is 3.48. The molecule has 1 amide bonds. The van der Waals surface area contributed by atoms with Gasteiger partial charge in [-0.15, -0.1) is 0 Å². The van der Waals surface area contributed by atoms with Gasteiger partial charge in [-0.3, -0.25) is 10.1 Å². The molecule has 0 atom stereocenters. The third kappa shape index (κ3) is 3.85. The molecule has 31 heavy (non-hydrogen) atoms. The maximum Gasteiger partial charge on any atom is 0.296 e. The largest absolute Gasteiger partial charge is 0.350 e. The number of amides is 1. The van der Waals surface area contributed by atoms with Gasteiger partial charge in [-0.2, -0.15) is 4.31 Å². The zero-order chi connectivity index (χ0) is 21.4. The van der Waals surface area contributed by atoms with Crippen LogP contribution in [0.5, 0.6) is 0 Å². The molecule has 1 saturated heterocycles. The molecule has 1 aliphatic rings. The van der Waals surface area contributed by atoms with Gasteiger partial charge >= 0.3 is 0 Å². The lowest BCUT2D eigenvalue weighted by molar-refractivity contribution is 0.0988. The highest BCUT2D eigenvalue weighted by Crippen LogP contribution is 2.30. The summed E-state index contributed by atoms with van der Waals surface area (Å²) in [4.78, 5) is 17.2. The van der Waals surface area contributed by atoms with E-state index in [4.69, 9.17) is 4.52 Å². The van der Waals surface area contributed by atoms with E-state index in [1.807, 2.05) is 30.3 Å². The fraction of sp³-hybridized carbons (Fsp3) is 0.190. The van der Waals surface area contributed by atoms with Crippen molar-refractivity contribution in [2.24, 2.45) is 0 Å². The van der Waals surface area contributed by atoms with Gasteiger partial charge in [-0.05, 0) is 31.0 Å². The van der Waals surface area contributed by atoms with Crippen molar-refractivity contribution >= 4 is 42.6 Å². The van der Waals surface area contributed by atoms with Gasteiger partial charge in [0.05, 0.1) is 15.1 Å². The summed E-state index contributed by atoms with van der Waals surface area (Å²) in [5, 5.41) is 7.00. The molecule has 1 aliphatic heterocycles. The Kier molecular flexibility index (Phi) is 5.05. The molecule has 1 fully saturated rings. The van der Waals surface area contributed by atoms with Crippen LogP contribution in [0, 0.1) is 0 Å². The molecule has 3 heterocycles. The van der Waals surface area contributed by atoms with Crippen LogP contribution >= 0.6 is 11.3 Å². The first-order valence-corrected chi connectivity index (χ1v) is 12.0. The molecule has 1 N–H and O–H groups in total. The van der Waals surface area contributed by atoms with Crippen LogP contribution in [-0.2, 0) is 10.0 Å². The number of anilines is 1. The van der Waals surface area contributed by atoms with E-state index >= 15 is 0 Å². The Morgan fingerprint density at radius 2 is 1.84 bits per heavy atom. The number of benzene rings is 2. The number of sulfonamides is 1. The van der Waals surface area contributed by atoms with Crippen LogP contribution in [0.2, 0.25) is 0 Å². The SMILES string of the molecule is O=C(Nc1nc2ccc(S(=O)(=O)N3CCCC3)cc2s1)c1cc(-c2ccccc2)no1. The molecular weight excluding hydrogens is 436 g/mol. The third-order valence-corrected chi connectivity index (χ3v) is 7.91. The molecule has 5 rings (SSSR count). The number of aromatic nitrogens is 2. The quantitative estimate of drug-likeness (QED) is 0.489. The summed E-state index contributed by atoms with van der Waals surface area (Å²) >= 11 is 1.21. The van der Waals surface area contributed by atoms with E-state index in [1.165, 1.54) is 15.6 Å². The maximum atomic E-state index is 12.8. The highest BCUT2D eigenvalue weighted by atomic mass is 32.2. The average molecular weight is 455 g/mol. The lowest BCUT2D eigenvalue weighted by atomic mass is 10.1. The van der Waals surface area contributed by atoms with Gasteiger partial charge in [0.25, 0.3) is 5.91 Å². The summed E-state index contributed by atoms with van der Waals surface area (Å²) in [5.41, 5.74) is 2.02. The van der Waals surface area contributed by atoms with Gasteiger partial charge in [-0.1, -0.05) is 46.8 Å². The molecule has 2 aromatic carbocycles. The highest BCUT2D eigenvalue weighted by molar-refractivity contribution is 7.89. The zero-order valence-corrected chi connectivity index (χ0v) is 17.9. The number of carbonyl (C=O) groups is 1. The zero-order valence-electron chi connectivity index (χ0n) is 16.3. The Hall–Kier alpha value is -3.08. The number of nitrogens with one attached hydrogen (secondary N) is 1. The lowest BCUT2D eigenvalue weighted by Crippen LogP contribution is -2.27. The second kappa shape index (κ2) is 7.88. The second-order valence-corrected chi connectivity index (χ2v) is 10.1. The summed E-state index contributed by atoms with van der Waals surface area (Å²) in [5.74, 6) is -0.408. The van der Waals surface area contributed by atoms with Crippen LogP contribution < -0.4 is 5.32 Å². The Balaban J connectivity index is 1.36. The molecule has 2 aromatic heterocycles. The van der Waals surface area contributed by atoms with Crippen LogP contribution in [0.1, 0.15) is 23.4 Å². The van der Waals surface area contributed by atoms with Crippen molar-refractivity contribution in [2.75, 3.05) is 18.4 Å². The van der Waals surface area contributed by atoms with Crippen LogP contribution in [0.15, 0.2) is 64.0 Å². The normalized spacial score (nSPS) is 14.8. The van der Waals surface area contributed by atoms with Gasteiger partial charge in [0.2, 0.25) is 15.8 Å². The van der Waals surface area contributed by atoms with Crippen molar-refractivity contribution in [1.82, 2.24) is 14.4 Å². The first kappa shape index (κ1) is 19.9. The first-order valence-electron chi connectivity index (χ1n) is 9.75. The average Bonchev–Trinajstić information content (AvgIpc) is 3.54.